The van der Waals surface area contributed by atoms with Gasteiger partial charge in [0.25, 0.3) is 0 Å². The quantitative estimate of drug-likeness (QED) is 0.862. The summed E-state index contributed by atoms with van der Waals surface area (Å²) in [4.78, 5) is 3.24. The molecule has 1 aliphatic heterocycles. The lowest BCUT2D eigenvalue weighted by molar-refractivity contribution is -1.03. The summed E-state index contributed by atoms with van der Waals surface area (Å²) in [5.74, 6) is 0. The molecule has 4 heteroatoms. The molecule has 0 amide bonds. The summed E-state index contributed by atoms with van der Waals surface area (Å²) in [7, 11) is 0. The minimum Gasteiger partial charge on any atom is -0.322 e. The Hall–Kier alpha value is -1.86. The van der Waals surface area contributed by atoms with Crippen molar-refractivity contribution in [1.82, 2.24) is 0 Å². The second-order valence-electron chi connectivity index (χ2n) is 6.64. The van der Waals surface area contributed by atoms with Crippen molar-refractivity contribution in [3.05, 3.63) is 70.2 Å². The summed E-state index contributed by atoms with van der Waals surface area (Å²) in [5.41, 5.74) is 3.30. The number of quaternary nitrogens is 2. The Bertz CT molecular complexity index is 712. The van der Waals surface area contributed by atoms with Crippen molar-refractivity contribution in [1.29, 1.82) is 5.26 Å². The first-order valence-electron chi connectivity index (χ1n) is 8.59. The maximum Gasteiger partial charge on any atom is 0.127 e. The number of piperazine rings is 1. The number of hydrogen-bond acceptors (Lipinski definition) is 1. The predicted octanol–water partition coefficient (Wildman–Crippen LogP) is 1.26. The van der Waals surface area contributed by atoms with E-state index in [2.05, 4.69) is 37.3 Å². The molecular formula is C20H24ClN3+2. The van der Waals surface area contributed by atoms with Gasteiger partial charge in [-0.25, -0.2) is 0 Å². The number of hydrogen-bond donors (Lipinski definition) is 2. The zero-order valence-corrected chi connectivity index (χ0v) is 14.8. The van der Waals surface area contributed by atoms with Crippen LogP contribution in [0.15, 0.2) is 48.5 Å². The zero-order chi connectivity index (χ0) is 16.9. The molecule has 1 aliphatic rings. The van der Waals surface area contributed by atoms with Gasteiger partial charge in [-0.3, -0.25) is 0 Å². The molecule has 124 valence electrons. The second kappa shape index (κ2) is 7.81. The molecule has 1 fully saturated rings. The van der Waals surface area contributed by atoms with Gasteiger partial charge < -0.3 is 9.80 Å². The molecule has 2 aromatic carbocycles. The van der Waals surface area contributed by atoms with Gasteiger partial charge in [0.15, 0.2) is 0 Å². The van der Waals surface area contributed by atoms with Gasteiger partial charge in [0.05, 0.1) is 11.6 Å². The lowest BCUT2D eigenvalue weighted by Gasteiger charge is -2.33. The van der Waals surface area contributed by atoms with E-state index in [9.17, 15) is 0 Å². The van der Waals surface area contributed by atoms with E-state index in [1.165, 1.54) is 24.2 Å². The molecule has 0 unspecified atom stereocenters. The van der Waals surface area contributed by atoms with Crippen LogP contribution in [0.25, 0.3) is 0 Å². The van der Waals surface area contributed by atoms with E-state index in [1.54, 1.807) is 9.80 Å². The first-order valence-corrected chi connectivity index (χ1v) is 8.97. The van der Waals surface area contributed by atoms with Gasteiger partial charge in [0, 0.05) is 16.1 Å². The van der Waals surface area contributed by atoms with Crippen LogP contribution in [-0.2, 0) is 6.54 Å². The third-order valence-electron chi connectivity index (χ3n) is 5.12. The van der Waals surface area contributed by atoms with Crippen LogP contribution in [0.4, 0.5) is 0 Å². The molecule has 2 N–H and O–H groups in total. The number of nitrogens with one attached hydrogen (secondary N) is 2. The Morgan fingerprint density at radius 2 is 1.71 bits per heavy atom. The third-order valence-corrected chi connectivity index (χ3v) is 5.46. The van der Waals surface area contributed by atoms with Crippen LogP contribution in [0.5, 0.6) is 0 Å². The summed E-state index contributed by atoms with van der Waals surface area (Å²) in [5, 5.41) is 9.76. The van der Waals surface area contributed by atoms with E-state index >= 15 is 0 Å². The van der Waals surface area contributed by atoms with E-state index in [1.807, 2.05) is 24.3 Å². The van der Waals surface area contributed by atoms with Crippen LogP contribution < -0.4 is 9.80 Å². The summed E-state index contributed by atoms with van der Waals surface area (Å²) < 4.78 is 0. The topological polar surface area (TPSA) is 32.7 Å². The van der Waals surface area contributed by atoms with Crippen molar-refractivity contribution in [2.24, 2.45) is 0 Å². The first-order chi connectivity index (χ1) is 11.7. The molecular weight excluding hydrogens is 318 g/mol. The normalized spacial score (nSPS) is 21.9. The summed E-state index contributed by atoms with van der Waals surface area (Å²) in [6, 6.07) is 18.8. The van der Waals surface area contributed by atoms with E-state index in [-0.39, 0.29) is 0 Å². The zero-order valence-electron chi connectivity index (χ0n) is 14.1. The van der Waals surface area contributed by atoms with E-state index in [4.69, 9.17) is 16.9 Å². The van der Waals surface area contributed by atoms with E-state index in [0.29, 0.717) is 6.04 Å². The highest BCUT2D eigenvalue weighted by Crippen LogP contribution is 2.20. The number of nitrogens with zero attached hydrogens (tertiary/aromatic N) is 1. The molecule has 0 aliphatic carbocycles. The summed E-state index contributed by atoms with van der Waals surface area (Å²) in [6.45, 7) is 7.99. The first kappa shape index (κ1) is 17.0. The van der Waals surface area contributed by atoms with Gasteiger partial charge in [-0.15, -0.1) is 0 Å². The number of benzene rings is 2. The summed E-state index contributed by atoms with van der Waals surface area (Å²) in [6.07, 6.45) is 0. The molecule has 24 heavy (non-hydrogen) atoms. The van der Waals surface area contributed by atoms with Crippen LogP contribution in [0, 0.1) is 11.3 Å². The maximum absolute atomic E-state index is 8.88. The Labute approximate surface area is 149 Å². The highest BCUT2D eigenvalue weighted by molar-refractivity contribution is 6.31. The Morgan fingerprint density at radius 3 is 2.33 bits per heavy atom. The van der Waals surface area contributed by atoms with Crippen LogP contribution in [0.2, 0.25) is 5.02 Å². The minimum atomic E-state index is 0.440. The van der Waals surface area contributed by atoms with Gasteiger partial charge in [-0.2, -0.15) is 5.26 Å². The fourth-order valence-corrected chi connectivity index (χ4v) is 3.87. The van der Waals surface area contributed by atoms with Crippen molar-refractivity contribution in [3.63, 3.8) is 0 Å². The third kappa shape index (κ3) is 3.96. The fraction of sp³-hybridized carbons (Fsp3) is 0.350. The smallest absolute Gasteiger partial charge is 0.127 e. The average Bonchev–Trinajstić information content (AvgIpc) is 2.63. The highest BCUT2D eigenvalue weighted by atomic mass is 35.5. The summed E-state index contributed by atoms with van der Waals surface area (Å²) >= 11 is 6.36. The van der Waals surface area contributed by atoms with Gasteiger partial charge >= 0.3 is 0 Å². The predicted molar refractivity (Wildman–Crippen MR) is 96.1 cm³/mol. The molecule has 3 rings (SSSR count). The molecule has 0 aromatic heterocycles. The number of rotatable bonds is 4. The van der Waals surface area contributed by atoms with Gasteiger partial charge in [-0.05, 0) is 25.1 Å². The van der Waals surface area contributed by atoms with E-state index < -0.39 is 0 Å². The molecule has 1 atom stereocenters. The molecule has 3 nitrogen and oxygen atoms in total. The molecule has 1 saturated heterocycles. The second-order valence-corrected chi connectivity index (χ2v) is 7.04. The standard InChI is InChI=1S/C20H22ClN3/c1-16(19-4-2-3-5-20(19)21)24-12-10-23(11-13-24)15-18-8-6-17(14-22)7-9-18/h2-9,16H,10-13,15H2,1H3/p+2/t16-/m1/s1. The van der Waals surface area contributed by atoms with Crippen molar-refractivity contribution >= 4 is 11.6 Å². The minimum absolute atomic E-state index is 0.440. The molecule has 0 saturated carbocycles. The van der Waals surface area contributed by atoms with Crippen LogP contribution in [-0.4, -0.2) is 26.2 Å². The molecule has 1 heterocycles. The van der Waals surface area contributed by atoms with Crippen LogP contribution in [0.1, 0.15) is 29.7 Å². The van der Waals surface area contributed by atoms with Crippen molar-refractivity contribution < 1.29 is 9.80 Å². The van der Waals surface area contributed by atoms with Gasteiger partial charge in [0.2, 0.25) is 0 Å². The largest absolute Gasteiger partial charge is 0.322 e. The maximum atomic E-state index is 8.88. The van der Waals surface area contributed by atoms with Gasteiger partial charge in [-0.1, -0.05) is 41.9 Å². The lowest BCUT2D eigenvalue weighted by atomic mass is 10.1. The van der Waals surface area contributed by atoms with E-state index in [0.717, 1.165) is 30.2 Å². The van der Waals surface area contributed by atoms with Crippen molar-refractivity contribution in [2.45, 2.75) is 19.5 Å². The van der Waals surface area contributed by atoms with Crippen molar-refractivity contribution in [2.75, 3.05) is 26.2 Å². The molecule has 0 spiro atoms. The fourth-order valence-electron chi connectivity index (χ4n) is 3.57. The molecule has 0 radical (unpaired) electrons. The number of halogens is 1. The average molecular weight is 342 g/mol. The lowest BCUT2D eigenvalue weighted by Crippen LogP contribution is -3.27. The molecule has 0 bridgehead atoms. The SMILES string of the molecule is C[C@H](c1ccccc1Cl)[NH+]1CC[NH+](Cc2ccc(C#N)cc2)CC1. The van der Waals surface area contributed by atoms with Crippen molar-refractivity contribution in [3.8, 4) is 6.07 Å². The Balaban J connectivity index is 1.55. The Kier molecular flexibility index (Phi) is 5.52. The van der Waals surface area contributed by atoms with Gasteiger partial charge in [0.1, 0.15) is 38.8 Å². The van der Waals surface area contributed by atoms with Crippen LogP contribution in [0.3, 0.4) is 0 Å². The monoisotopic (exact) mass is 341 g/mol. The highest BCUT2D eigenvalue weighted by Gasteiger charge is 2.28. The van der Waals surface area contributed by atoms with Crippen LogP contribution >= 0.6 is 11.6 Å². The number of nitriles is 1. The Morgan fingerprint density at radius 1 is 1.04 bits per heavy atom. The molecule has 2 aromatic rings.